The van der Waals surface area contributed by atoms with Gasteiger partial charge in [-0.3, -0.25) is 4.79 Å². The first kappa shape index (κ1) is 10.2. The van der Waals surface area contributed by atoms with E-state index in [4.69, 9.17) is 4.74 Å². The lowest BCUT2D eigenvalue weighted by Crippen LogP contribution is -1.99. The fourth-order valence-electron chi connectivity index (χ4n) is 1.42. The minimum absolute atomic E-state index is 0.295. The van der Waals surface area contributed by atoms with Crippen molar-refractivity contribution in [3.63, 3.8) is 0 Å². The highest BCUT2D eigenvalue weighted by atomic mass is 79.9. The Morgan fingerprint density at radius 2 is 1.67 bits per heavy atom. The van der Waals surface area contributed by atoms with Crippen LogP contribution >= 0.6 is 15.9 Å². The third-order valence-electron chi connectivity index (χ3n) is 2.03. The molecular formula is C12H9BrO2. The van der Waals surface area contributed by atoms with Crippen molar-refractivity contribution in [2.24, 2.45) is 0 Å². The highest BCUT2D eigenvalue weighted by molar-refractivity contribution is 9.10. The van der Waals surface area contributed by atoms with Crippen LogP contribution in [0.5, 0.6) is 5.75 Å². The van der Waals surface area contributed by atoms with Crippen LogP contribution in [0.15, 0.2) is 40.9 Å². The van der Waals surface area contributed by atoms with Gasteiger partial charge in [0.25, 0.3) is 0 Å². The van der Waals surface area contributed by atoms with Crippen molar-refractivity contribution in [3.8, 4) is 16.9 Å². The molecule has 2 nitrogen and oxygen atoms in total. The van der Waals surface area contributed by atoms with Gasteiger partial charge in [0.15, 0.2) is 0 Å². The smallest absolute Gasteiger partial charge is 0.308 e. The zero-order valence-corrected chi connectivity index (χ0v) is 9.74. The Labute approximate surface area is 96.3 Å². The lowest BCUT2D eigenvalue weighted by atomic mass is 10.2. The second-order valence-corrected chi connectivity index (χ2v) is 4.16. The second-order valence-electron chi connectivity index (χ2n) is 3.25. The lowest BCUT2D eigenvalue weighted by molar-refractivity contribution is -0.131. The summed E-state index contributed by atoms with van der Waals surface area (Å²) in [5.41, 5.74) is 2.11. The van der Waals surface area contributed by atoms with Crippen LogP contribution in [0.25, 0.3) is 11.1 Å². The molecule has 0 saturated heterocycles. The van der Waals surface area contributed by atoms with Crippen molar-refractivity contribution in [1.82, 2.24) is 0 Å². The highest BCUT2D eigenvalue weighted by Crippen LogP contribution is 2.30. The number of hydrogen-bond donors (Lipinski definition) is 0. The number of fused-ring (bicyclic) bond motifs is 1. The first-order valence-corrected chi connectivity index (χ1v) is 5.32. The molecule has 0 amide bonds. The summed E-state index contributed by atoms with van der Waals surface area (Å²) in [4.78, 5) is 10.8. The maximum absolute atomic E-state index is 10.8. The summed E-state index contributed by atoms with van der Waals surface area (Å²) in [5, 5.41) is 0. The van der Waals surface area contributed by atoms with E-state index >= 15 is 0 Å². The van der Waals surface area contributed by atoms with E-state index in [1.807, 2.05) is 36.4 Å². The van der Waals surface area contributed by atoms with E-state index in [0.29, 0.717) is 5.75 Å². The zero-order valence-electron chi connectivity index (χ0n) is 8.16. The van der Waals surface area contributed by atoms with Gasteiger partial charge in [-0.05, 0) is 35.4 Å². The minimum atomic E-state index is -0.295. The van der Waals surface area contributed by atoms with E-state index in [-0.39, 0.29) is 5.97 Å². The molecule has 2 rings (SSSR count). The predicted octanol–water partition coefficient (Wildman–Crippen LogP) is 3.48. The lowest BCUT2D eigenvalue weighted by Gasteiger charge is -1.93. The van der Waals surface area contributed by atoms with Crippen LogP contribution in [-0.4, -0.2) is 5.97 Å². The topological polar surface area (TPSA) is 26.3 Å². The molecular weight excluding hydrogens is 256 g/mol. The average molecular weight is 265 g/mol. The van der Waals surface area contributed by atoms with E-state index in [1.54, 1.807) is 0 Å². The monoisotopic (exact) mass is 264 g/mol. The van der Waals surface area contributed by atoms with Gasteiger partial charge < -0.3 is 4.74 Å². The average Bonchev–Trinajstić information content (AvgIpc) is 2.45. The van der Waals surface area contributed by atoms with Crippen molar-refractivity contribution >= 4 is 21.9 Å². The number of halogens is 1. The quantitative estimate of drug-likeness (QED) is 0.738. The maximum atomic E-state index is 10.8. The van der Waals surface area contributed by atoms with E-state index in [1.165, 1.54) is 6.92 Å². The Kier molecular flexibility index (Phi) is 2.73. The molecule has 76 valence electrons. The van der Waals surface area contributed by atoms with Gasteiger partial charge in [0.2, 0.25) is 0 Å². The number of esters is 1. The summed E-state index contributed by atoms with van der Waals surface area (Å²) in [5.74, 6) is 0.302. The van der Waals surface area contributed by atoms with E-state index in [2.05, 4.69) is 15.9 Å². The van der Waals surface area contributed by atoms with Crippen LogP contribution < -0.4 is 4.74 Å². The third kappa shape index (κ3) is 2.36. The molecule has 0 heterocycles. The van der Waals surface area contributed by atoms with Gasteiger partial charge in [-0.1, -0.05) is 28.1 Å². The van der Waals surface area contributed by atoms with Crippen molar-refractivity contribution < 1.29 is 9.53 Å². The van der Waals surface area contributed by atoms with Crippen LogP contribution in [-0.2, 0) is 4.79 Å². The van der Waals surface area contributed by atoms with Gasteiger partial charge in [-0.2, -0.15) is 0 Å². The van der Waals surface area contributed by atoms with Crippen molar-refractivity contribution in [2.75, 3.05) is 0 Å². The number of hydrogen-bond acceptors (Lipinski definition) is 2. The summed E-state index contributed by atoms with van der Waals surface area (Å²) >= 11 is 3.40. The van der Waals surface area contributed by atoms with Gasteiger partial charge in [0, 0.05) is 11.4 Å². The molecule has 0 fully saturated rings. The van der Waals surface area contributed by atoms with Gasteiger partial charge in [-0.25, -0.2) is 0 Å². The van der Waals surface area contributed by atoms with Crippen molar-refractivity contribution in [1.29, 1.82) is 0 Å². The molecule has 15 heavy (non-hydrogen) atoms. The number of rotatable bonds is 1. The Morgan fingerprint density at radius 3 is 2.13 bits per heavy atom. The Morgan fingerprint density at radius 1 is 1.13 bits per heavy atom. The number of ether oxygens (including phenoxy) is 1. The SMILES string of the molecule is CC(=O)Oc1cc2ccc(Br)ccc-2c1. The molecule has 0 aromatic heterocycles. The third-order valence-corrected chi connectivity index (χ3v) is 2.56. The molecule has 0 unspecified atom stereocenters. The van der Waals surface area contributed by atoms with Crippen LogP contribution in [0.2, 0.25) is 0 Å². The predicted molar refractivity (Wildman–Crippen MR) is 62.1 cm³/mol. The van der Waals surface area contributed by atoms with Crippen LogP contribution in [0.3, 0.4) is 0 Å². The highest BCUT2D eigenvalue weighted by Gasteiger charge is 2.07. The molecule has 3 heteroatoms. The molecule has 2 aliphatic carbocycles. The number of carbonyl (C=O) groups excluding carboxylic acids is 1. The summed E-state index contributed by atoms with van der Waals surface area (Å²) in [6.07, 6.45) is 0. The van der Waals surface area contributed by atoms with Crippen LogP contribution in [0.1, 0.15) is 6.92 Å². The molecule has 0 aromatic carbocycles. The minimum Gasteiger partial charge on any atom is -0.427 e. The molecule has 0 atom stereocenters. The Balaban J connectivity index is 2.44. The molecule has 0 N–H and O–H groups in total. The molecule has 0 radical (unpaired) electrons. The summed E-state index contributed by atoms with van der Waals surface area (Å²) in [7, 11) is 0. The van der Waals surface area contributed by atoms with Gasteiger partial charge in [0.1, 0.15) is 5.75 Å². The van der Waals surface area contributed by atoms with E-state index in [9.17, 15) is 4.79 Å². The largest absolute Gasteiger partial charge is 0.427 e. The fourth-order valence-corrected chi connectivity index (χ4v) is 1.69. The second kappa shape index (κ2) is 4.03. The molecule has 0 bridgehead atoms. The van der Waals surface area contributed by atoms with Gasteiger partial charge in [-0.15, -0.1) is 0 Å². The zero-order chi connectivity index (χ0) is 10.8. The molecule has 0 saturated carbocycles. The van der Waals surface area contributed by atoms with Gasteiger partial charge >= 0.3 is 5.97 Å². The molecule has 0 aliphatic heterocycles. The molecule has 2 aliphatic rings. The van der Waals surface area contributed by atoms with E-state index in [0.717, 1.165) is 15.6 Å². The Bertz CT molecular complexity index is 446. The number of carbonyl (C=O) groups is 1. The normalized spacial score (nSPS) is 10.3. The summed E-state index contributed by atoms with van der Waals surface area (Å²) in [6, 6.07) is 11.6. The van der Waals surface area contributed by atoms with Crippen LogP contribution in [0, 0.1) is 0 Å². The van der Waals surface area contributed by atoms with E-state index < -0.39 is 0 Å². The standard InChI is InChI=1S/C12H9BrO2/c1-8(14)15-12-6-9-2-4-11(13)5-3-10(9)7-12/h2-7H,1H3. The molecule has 0 spiro atoms. The van der Waals surface area contributed by atoms with Crippen LogP contribution in [0.4, 0.5) is 0 Å². The van der Waals surface area contributed by atoms with Crippen molar-refractivity contribution in [2.45, 2.75) is 6.92 Å². The van der Waals surface area contributed by atoms with Gasteiger partial charge in [0.05, 0.1) is 0 Å². The summed E-state index contributed by atoms with van der Waals surface area (Å²) < 4.78 is 6.03. The van der Waals surface area contributed by atoms with Crippen molar-refractivity contribution in [3.05, 3.63) is 40.9 Å². The Hall–Kier alpha value is -1.35. The molecule has 0 aromatic rings. The first-order valence-electron chi connectivity index (χ1n) is 4.53. The maximum Gasteiger partial charge on any atom is 0.308 e. The summed E-state index contributed by atoms with van der Waals surface area (Å²) in [6.45, 7) is 1.40. The first-order chi connectivity index (χ1) is 7.15. The fraction of sp³-hybridized carbons (Fsp3) is 0.0833.